The Labute approximate surface area is 163 Å². The van der Waals surface area contributed by atoms with Gasteiger partial charge in [-0.2, -0.15) is 0 Å². The fourth-order valence-corrected chi connectivity index (χ4v) is 3.22. The van der Waals surface area contributed by atoms with Crippen molar-refractivity contribution in [2.45, 2.75) is 78.2 Å². The van der Waals surface area contributed by atoms with Crippen LogP contribution in [-0.4, -0.2) is 60.1 Å². The molecule has 2 atom stereocenters. The molecule has 0 aromatic carbocycles. The summed E-state index contributed by atoms with van der Waals surface area (Å²) in [6, 6.07) is -0.102. The summed E-state index contributed by atoms with van der Waals surface area (Å²) in [6.07, 6.45) is 5.55. The van der Waals surface area contributed by atoms with Gasteiger partial charge in [-0.3, -0.25) is 14.5 Å². The molecule has 1 saturated heterocycles. The van der Waals surface area contributed by atoms with E-state index in [1.54, 1.807) is 11.9 Å². The molecule has 0 aromatic rings. The summed E-state index contributed by atoms with van der Waals surface area (Å²) in [4.78, 5) is 31.3. The van der Waals surface area contributed by atoms with Crippen molar-refractivity contribution in [3.05, 3.63) is 12.2 Å². The van der Waals surface area contributed by atoms with Crippen molar-refractivity contribution < 1.29 is 23.9 Å². The summed E-state index contributed by atoms with van der Waals surface area (Å²) < 4.78 is 11.5. The number of carbonyl (C=O) groups excluding carboxylic acids is 2. The Morgan fingerprint density at radius 3 is 2.52 bits per heavy atom. The van der Waals surface area contributed by atoms with Crippen molar-refractivity contribution in [3.8, 4) is 0 Å². The number of carbonyl (C=O) groups is 2. The number of hydroxylamine groups is 2. The van der Waals surface area contributed by atoms with Gasteiger partial charge in [-0.25, -0.2) is 9.86 Å². The first kappa shape index (κ1) is 23.4. The number of hydrogen-bond donors (Lipinski definition) is 0. The van der Waals surface area contributed by atoms with Gasteiger partial charge in [0.1, 0.15) is 11.3 Å². The molecule has 0 radical (unpaired) electrons. The summed E-state index contributed by atoms with van der Waals surface area (Å²) in [5.41, 5.74) is -1.30. The second-order valence-electron chi connectivity index (χ2n) is 8.38. The average molecular weight is 385 g/mol. The summed E-state index contributed by atoms with van der Waals surface area (Å²) >= 11 is 0. The van der Waals surface area contributed by atoms with E-state index in [9.17, 15) is 9.59 Å². The molecular formula is C20H36N2O5. The third-order valence-corrected chi connectivity index (χ3v) is 4.60. The number of allylic oxidation sites excluding steroid dienone is 1. The number of hydrogen-bond acceptors (Lipinski definition) is 5. The first-order chi connectivity index (χ1) is 12.4. The normalized spacial score (nSPS) is 20.7. The smallest absolute Gasteiger partial charge is 0.412 e. The molecule has 1 aliphatic heterocycles. The molecule has 0 unspecified atom stereocenters. The monoisotopic (exact) mass is 384 g/mol. The lowest BCUT2D eigenvalue weighted by Gasteiger charge is -2.37. The quantitative estimate of drug-likeness (QED) is 0.494. The standard InChI is InChI=1S/C20H36N2O5/c1-9-11-15(12-10-13-17(23)21(7)25-8)16-14-26-20(5,6)22(16)18(24)27-19(2,3)4/h10,13,15-16H,9,11-12,14H2,1-8H3/t15-,16+/m1/s1. The van der Waals surface area contributed by atoms with E-state index in [4.69, 9.17) is 14.3 Å². The molecule has 0 spiro atoms. The topological polar surface area (TPSA) is 68.3 Å². The van der Waals surface area contributed by atoms with Crippen LogP contribution in [0, 0.1) is 5.92 Å². The summed E-state index contributed by atoms with van der Waals surface area (Å²) in [7, 11) is 3.01. The molecule has 0 N–H and O–H groups in total. The van der Waals surface area contributed by atoms with Crippen LogP contribution in [0.25, 0.3) is 0 Å². The fourth-order valence-electron chi connectivity index (χ4n) is 3.22. The molecule has 1 rings (SSSR count). The number of rotatable bonds is 7. The van der Waals surface area contributed by atoms with Gasteiger partial charge in [-0.05, 0) is 53.4 Å². The number of nitrogens with zero attached hydrogens (tertiary/aromatic N) is 2. The van der Waals surface area contributed by atoms with Gasteiger partial charge in [-0.15, -0.1) is 0 Å². The van der Waals surface area contributed by atoms with Crippen LogP contribution < -0.4 is 0 Å². The van der Waals surface area contributed by atoms with E-state index in [-0.39, 0.29) is 24.0 Å². The van der Waals surface area contributed by atoms with Crippen molar-refractivity contribution in [1.29, 1.82) is 0 Å². The molecule has 1 heterocycles. The van der Waals surface area contributed by atoms with Crippen LogP contribution in [0.5, 0.6) is 0 Å². The van der Waals surface area contributed by atoms with Crippen LogP contribution in [0.15, 0.2) is 12.2 Å². The Kier molecular flexibility index (Phi) is 8.29. The second-order valence-corrected chi connectivity index (χ2v) is 8.38. The van der Waals surface area contributed by atoms with Crippen molar-refractivity contribution >= 4 is 12.0 Å². The fraction of sp³-hybridized carbons (Fsp3) is 0.800. The van der Waals surface area contributed by atoms with E-state index >= 15 is 0 Å². The number of ether oxygens (including phenoxy) is 2. The summed E-state index contributed by atoms with van der Waals surface area (Å²) in [5, 5.41) is 1.17. The Balaban J connectivity index is 2.95. The second kappa shape index (κ2) is 9.55. The Bertz CT molecular complexity index is 539. The van der Waals surface area contributed by atoms with E-state index < -0.39 is 11.3 Å². The van der Waals surface area contributed by atoms with Crippen LogP contribution in [0.2, 0.25) is 0 Å². The molecule has 27 heavy (non-hydrogen) atoms. The molecule has 1 aliphatic rings. The lowest BCUT2D eigenvalue weighted by Crippen LogP contribution is -2.51. The third-order valence-electron chi connectivity index (χ3n) is 4.60. The van der Waals surface area contributed by atoms with Crippen LogP contribution in [0.1, 0.15) is 60.8 Å². The van der Waals surface area contributed by atoms with Crippen LogP contribution in [0.3, 0.4) is 0 Å². The van der Waals surface area contributed by atoms with Crippen molar-refractivity contribution in [3.63, 3.8) is 0 Å². The van der Waals surface area contributed by atoms with Gasteiger partial charge < -0.3 is 9.47 Å². The third kappa shape index (κ3) is 6.81. The molecule has 7 heteroatoms. The van der Waals surface area contributed by atoms with Crippen LogP contribution >= 0.6 is 0 Å². The minimum Gasteiger partial charge on any atom is -0.444 e. The molecular weight excluding hydrogens is 348 g/mol. The predicted molar refractivity (Wildman–Crippen MR) is 104 cm³/mol. The SMILES string of the molecule is CCC[C@H](CC=CC(=O)N(C)OC)[C@@H]1COC(C)(C)N1C(=O)OC(C)(C)C. The average Bonchev–Trinajstić information content (AvgIpc) is 2.86. The van der Waals surface area contributed by atoms with Crippen LogP contribution in [-0.2, 0) is 19.1 Å². The zero-order valence-corrected chi connectivity index (χ0v) is 18.1. The van der Waals surface area contributed by atoms with Gasteiger partial charge in [0.2, 0.25) is 0 Å². The Morgan fingerprint density at radius 2 is 2.00 bits per heavy atom. The highest BCUT2D eigenvalue weighted by atomic mass is 16.7. The molecule has 0 aromatic heterocycles. The lowest BCUT2D eigenvalue weighted by molar-refractivity contribution is -0.162. The Hall–Kier alpha value is -1.60. The van der Waals surface area contributed by atoms with E-state index in [1.165, 1.54) is 18.2 Å². The summed E-state index contributed by atoms with van der Waals surface area (Å²) in [5.74, 6) is -0.0547. The predicted octanol–water partition coefficient (Wildman–Crippen LogP) is 3.74. The highest BCUT2D eigenvalue weighted by molar-refractivity contribution is 5.86. The molecule has 156 valence electrons. The maximum absolute atomic E-state index is 12.8. The van der Waals surface area contributed by atoms with Gasteiger partial charge in [0, 0.05) is 13.1 Å². The van der Waals surface area contributed by atoms with Gasteiger partial charge >= 0.3 is 6.09 Å². The van der Waals surface area contributed by atoms with Crippen molar-refractivity contribution in [2.24, 2.45) is 5.92 Å². The summed E-state index contributed by atoms with van der Waals surface area (Å²) in [6.45, 7) is 11.9. The van der Waals surface area contributed by atoms with E-state index in [0.29, 0.717) is 13.0 Å². The molecule has 7 nitrogen and oxygen atoms in total. The van der Waals surface area contributed by atoms with E-state index in [0.717, 1.165) is 12.8 Å². The maximum atomic E-state index is 12.8. The van der Waals surface area contributed by atoms with Crippen LogP contribution in [0.4, 0.5) is 4.79 Å². The number of likely N-dealkylation sites (N-methyl/N-ethyl adjacent to an activating group) is 1. The minimum absolute atomic E-state index is 0.102. The van der Waals surface area contributed by atoms with Gasteiger partial charge in [-0.1, -0.05) is 19.4 Å². The van der Waals surface area contributed by atoms with E-state index in [1.807, 2.05) is 40.7 Å². The Morgan fingerprint density at radius 1 is 1.37 bits per heavy atom. The maximum Gasteiger partial charge on any atom is 0.412 e. The zero-order valence-electron chi connectivity index (χ0n) is 18.1. The highest BCUT2D eigenvalue weighted by Gasteiger charge is 2.47. The van der Waals surface area contributed by atoms with E-state index in [2.05, 4.69) is 6.92 Å². The van der Waals surface area contributed by atoms with Crippen molar-refractivity contribution in [1.82, 2.24) is 9.96 Å². The minimum atomic E-state index is -0.727. The largest absolute Gasteiger partial charge is 0.444 e. The lowest BCUT2D eigenvalue weighted by atomic mass is 9.90. The first-order valence-corrected chi connectivity index (χ1v) is 9.57. The molecule has 2 amide bonds. The zero-order chi connectivity index (χ0) is 20.8. The first-order valence-electron chi connectivity index (χ1n) is 9.57. The van der Waals surface area contributed by atoms with Gasteiger partial charge in [0.05, 0.1) is 19.8 Å². The molecule has 0 aliphatic carbocycles. The highest BCUT2D eigenvalue weighted by Crippen LogP contribution is 2.35. The molecule has 1 fully saturated rings. The number of amides is 2. The van der Waals surface area contributed by atoms with Gasteiger partial charge in [0.25, 0.3) is 5.91 Å². The molecule has 0 bridgehead atoms. The van der Waals surface area contributed by atoms with Crippen molar-refractivity contribution in [2.75, 3.05) is 20.8 Å². The van der Waals surface area contributed by atoms with Gasteiger partial charge in [0.15, 0.2) is 0 Å². The molecule has 0 saturated carbocycles.